The van der Waals surface area contributed by atoms with Gasteiger partial charge in [-0.05, 0) is 25.0 Å². The van der Waals surface area contributed by atoms with Crippen LogP contribution in [-0.2, 0) is 12.1 Å². The van der Waals surface area contributed by atoms with Gasteiger partial charge in [0.25, 0.3) is 0 Å². The molecule has 0 aliphatic carbocycles. The maximum atomic E-state index is 13.3. The molecule has 4 rings (SSSR count). The Morgan fingerprint density at radius 2 is 1.97 bits per heavy atom. The molecular weight excluding hydrogens is 395 g/mol. The summed E-state index contributed by atoms with van der Waals surface area (Å²) in [5.74, 6) is 0. The maximum absolute atomic E-state index is 13.3. The number of benzene rings is 1. The summed E-state index contributed by atoms with van der Waals surface area (Å²) < 4.78 is 41.2. The van der Waals surface area contributed by atoms with E-state index in [9.17, 15) is 18.3 Å². The highest BCUT2D eigenvalue weighted by Crippen LogP contribution is 2.40. The summed E-state index contributed by atoms with van der Waals surface area (Å²) in [6.07, 6.45) is -0.554. The van der Waals surface area contributed by atoms with E-state index in [-0.39, 0.29) is 6.54 Å². The SMILES string of the molecule is CCC(O)(c1cn(Cc2cccc3c(-c4ccc(C)nc4)c[nH]c23)nn1)C(F)(F)F. The van der Waals surface area contributed by atoms with Crippen molar-refractivity contribution in [3.05, 3.63) is 65.9 Å². The van der Waals surface area contributed by atoms with Crippen LogP contribution in [0.1, 0.15) is 30.3 Å². The Morgan fingerprint density at radius 3 is 2.63 bits per heavy atom. The molecular formula is C21H20F3N5O. The first-order valence-electron chi connectivity index (χ1n) is 9.44. The fraction of sp³-hybridized carbons (Fsp3) is 0.286. The molecule has 0 aliphatic heterocycles. The second-order valence-corrected chi connectivity index (χ2v) is 7.24. The predicted octanol–water partition coefficient (Wildman–Crippen LogP) is 4.34. The predicted molar refractivity (Wildman–Crippen MR) is 106 cm³/mol. The molecule has 0 saturated heterocycles. The number of aliphatic hydroxyl groups is 1. The van der Waals surface area contributed by atoms with Crippen molar-refractivity contribution in [1.29, 1.82) is 0 Å². The van der Waals surface area contributed by atoms with E-state index in [1.54, 1.807) is 6.20 Å². The lowest BCUT2D eigenvalue weighted by Gasteiger charge is -2.26. The Bertz CT molecular complexity index is 1180. The van der Waals surface area contributed by atoms with Gasteiger partial charge in [-0.3, -0.25) is 4.98 Å². The van der Waals surface area contributed by atoms with Crippen molar-refractivity contribution in [3.8, 4) is 11.1 Å². The minimum absolute atomic E-state index is 0.202. The van der Waals surface area contributed by atoms with Gasteiger partial charge in [-0.2, -0.15) is 13.2 Å². The lowest BCUT2D eigenvalue weighted by molar-refractivity contribution is -0.269. The molecule has 30 heavy (non-hydrogen) atoms. The number of nitrogens with zero attached hydrogens (tertiary/aromatic N) is 4. The molecule has 2 N–H and O–H groups in total. The number of halogens is 3. The van der Waals surface area contributed by atoms with Crippen LogP contribution in [0.3, 0.4) is 0 Å². The van der Waals surface area contributed by atoms with Crippen LogP contribution in [0.4, 0.5) is 13.2 Å². The van der Waals surface area contributed by atoms with Crippen molar-refractivity contribution in [2.24, 2.45) is 0 Å². The van der Waals surface area contributed by atoms with E-state index in [4.69, 9.17) is 0 Å². The minimum Gasteiger partial charge on any atom is -0.375 e. The standard InChI is InChI=1S/C21H20F3N5O/c1-3-20(30,21(22,23)24)18-12-29(28-27-18)11-15-5-4-6-16-17(10-26-19(15)16)14-8-7-13(2)25-9-14/h4-10,12,26,30H,3,11H2,1-2H3. The molecule has 1 unspecified atom stereocenters. The van der Waals surface area contributed by atoms with Gasteiger partial charge >= 0.3 is 6.18 Å². The van der Waals surface area contributed by atoms with Crippen molar-refractivity contribution in [2.45, 2.75) is 38.6 Å². The van der Waals surface area contributed by atoms with Gasteiger partial charge in [-0.25, -0.2) is 4.68 Å². The third kappa shape index (κ3) is 3.35. The highest BCUT2D eigenvalue weighted by atomic mass is 19.4. The molecule has 3 aromatic heterocycles. The number of hydrogen-bond donors (Lipinski definition) is 2. The van der Waals surface area contributed by atoms with Crippen LogP contribution in [-0.4, -0.2) is 36.2 Å². The van der Waals surface area contributed by atoms with Gasteiger partial charge in [0, 0.05) is 34.6 Å². The summed E-state index contributed by atoms with van der Waals surface area (Å²) in [7, 11) is 0. The fourth-order valence-electron chi connectivity index (χ4n) is 3.48. The van der Waals surface area contributed by atoms with Gasteiger partial charge < -0.3 is 10.1 Å². The second kappa shape index (κ2) is 7.24. The van der Waals surface area contributed by atoms with Crippen LogP contribution in [0.25, 0.3) is 22.0 Å². The summed E-state index contributed by atoms with van der Waals surface area (Å²) in [6.45, 7) is 3.38. The molecule has 4 aromatic rings. The first-order chi connectivity index (χ1) is 14.2. The number of aromatic amines is 1. The van der Waals surface area contributed by atoms with E-state index in [0.29, 0.717) is 0 Å². The number of hydrogen-bond acceptors (Lipinski definition) is 4. The molecule has 156 valence electrons. The van der Waals surface area contributed by atoms with Crippen molar-refractivity contribution in [3.63, 3.8) is 0 Å². The first kappa shape index (κ1) is 20.1. The fourth-order valence-corrected chi connectivity index (χ4v) is 3.48. The highest BCUT2D eigenvalue weighted by Gasteiger charge is 2.55. The second-order valence-electron chi connectivity index (χ2n) is 7.24. The number of nitrogens with one attached hydrogen (secondary N) is 1. The smallest absolute Gasteiger partial charge is 0.375 e. The molecule has 0 spiro atoms. The van der Waals surface area contributed by atoms with Crippen LogP contribution in [0.5, 0.6) is 0 Å². The molecule has 0 saturated carbocycles. The molecule has 9 heteroatoms. The van der Waals surface area contributed by atoms with Crippen LogP contribution in [0.15, 0.2) is 48.9 Å². The van der Waals surface area contributed by atoms with E-state index in [0.717, 1.165) is 39.5 Å². The zero-order chi connectivity index (χ0) is 21.5. The van der Waals surface area contributed by atoms with E-state index in [2.05, 4.69) is 20.3 Å². The van der Waals surface area contributed by atoms with Crippen molar-refractivity contribution in [1.82, 2.24) is 25.0 Å². The van der Waals surface area contributed by atoms with E-state index in [1.165, 1.54) is 11.6 Å². The van der Waals surface area contributed by atoms with Gasteiger partial charge in [0.05, 0.1) is 18.3 Å². The monoisotopic (exact) mass is 415 g/mol. The van der Waals surface area contributed by atoms with Gasteiger partial charge in [0.15, 0.2) is 0 Å². The quantitative estimate of drug-likeness (QED) is 0.508. The van der Waals surface area contributed by atoms with Gasteiger partial charge in [-0.15, -0.1) is 5.10 Å². The number of H-pyrrole nitrogens is 1. The molecule has 1 aromatic carbocycles. The molecule has 0 fully saturated rings. The van der Waals surface area contributed by atoms with Crippen LogP contribution in [0.2, 0.25) is 0 Å². The van der Waals surface area contributed by atoms with E-state index >= 15 is 0 Å². The number of rotatable bonds is 5. The number of alkyl halides is 3. The molecule has 0 bridgehead atoms. The van der Waals surface area contributed by atoms with Crippen molar-refractivity contribution in [2.75, 3.05) is 0 Å². The van der Waals surface area contributed by atoms with Gasteiger partial charge in [0.2, 0.25) is 5.60 Å². The Kier molecular flexibility index (Phi) is 4.85. The maximum Gasteiger partial charge on any atom is 0.423 e. The average molecular weight is 415 g/mol. The van der Waals surface area contributed by atoms with Crippen LogP contribution >= 0.6 is 0 Å². The zero-order valence-corrected chi connectivity index (χ0v) is 16.4. The number of aromatic nitrogens is 5. The number of pyridine rings is 1. The van der Waals surface area contributed by atoms with Crippen LogP contribution in [0, 0.1) is 6.92 Å². The normalized spacial score (nSPS) is 14.2. The lowest BCUT2D eigenvalue weighted by atomic mass is 9.96. The topological polar surface area (TPSA) is 79.6 Å². The van der Waals surface area contributed by atoms with E-state index < -0.39 is 23.9 Å². The third-order valence-corrected chi connectivity index (χ3v) is 5.30. The van der Waals surface area contributed by atoms with E-state index in [1.807, 2.05) is 43.5 Å². The van der Waals surface area contributed by atoms with Crippen molar-refractivity contribution >= 4 is 10.9 Å². The molecule has 0 radical (unpaired) electrons. The number of aryl methyl sites for hydroxylation is 1. The average Bonchev–Trinajstić information content (AvgIpc) is 3.35. The summed E-state index contributed by atoms with van der Waals surface area (Å²) in [4.78, 5) is 7.58. The highest BCUT2D eigenvalue weighted by molar-refractivity contribution is 5.96. The molecule has 1 atom stereocenters. The first-order valence-corrected chi connectivity index (χ1v) is 9.44. The Hall–Kier alpha value is -3.20. The Balaban J connectivity index is 1.68. The number of fused-ring (bicyclic) bond motifs is 1. The summed E-state index contributed by atoms with van der Waals surface area (Å²) in [6, 6.07) is 9.64. The third-order valence-electron chi connectivity index (χ3n) is 5.30. The van der Waals surface area contributed by atoms with Gasteiger partial charge in [0.1, 0.15) is 5.69 Å². The van der Waals surface area contributed by atoms with Gasteiger partial charge in [-0.1, -0.05) is 36.4 Å². The minimum atomic E-state index is -4.83. The summed E-state index contributed by atoms with van der Waals surface area (Å²) in [5, 5.41) is 18.4. The van der Waals surface area contributed by atoms with Crippen LogP contribution < -0.4 is 0 Å². The molecule has 3 heterocycles. The molecule has 0 amide bonds. The lowest BCUT2D eigenvalue weighted by Crippen LogP contribution is -2.42. The Morgan fingerprint density at radius 1 is 1.17 bits per heavy atom. The largest absolute Gasteiger partial charge is 0.423 e. The summed E-state index contributed by atoms with van der Waals surface area (Å²) in [5.41, 5.74) is 1.03. The molecule has 0 aliphatic rings. The number of para-hydroxylation sites is 1. The summed E-state index contributed by atoms with van der Waals surface area (Å²) >= 11 is 0. The Labute approximate surface area is 170 Å². The van der Waals surface area contributed by atoms with Crippen molar-refractivity contribution < 1.29 is 18.3 Å². The molecule has 6 nitrogen and oxygen atoms in total. The zero-order valence-electron chi connectivity index (χ0n) is 16.4.